The number of benzene rings is 1. The second kappa shape index (κ2) is 4.76. The summed E-state index contributed by atoms with van der Waals surface area (Å²) < 4.78 is 1.04. The van der Waals surface area contributed by atoms with Crippen molar-refractivity contribution in [1.29, 1.82) is 0 Å². The van der Waals surface area contributed by atoms with Gasteiger partial charge in [-0.15, -0.1) is 0 Å². The molecule has 5 heteroatoms. The van der Waals surface area contributed by atoms with Gasteiger partial charge < -0.3 is 0 Å². The number of imide groups is 1. The molecule has 2 aliphatic carbocycles. The third kappa shape index (κ3) is 1.90. The molecule has 1 aliphatic heterocycles. The highest BCUT2D eigenvalue weighted by Crippen LogP contribution is 2.52. The average molecular weight is 392 g/mol. The first-order valence-corrected chi connectivity index (χ1v) is 8.09. The second-order valence-corrected chi connectivity index (χ2v) is 6.92. The lowest BCUT2D eigenvalue weighted by Gasteiger charge is -2.13. The monoisotopic (exact) mass is 392 g/mol. The zero-order chi connectivity index (χ0) is 14.6. The highest BCUT2D eigenvalue weighted by molar-refractivity contribution is 14.1. The Morgan fingerprint density at radius 1 is 1.10 bits per heavy atom. The van der Waals surface area contributed by atoms with Crippen molar-refractivity contribution < 1.29 is 9.59 Å². The molecule has 2 amide bonds. The van der Waals surface area contributed by atoms with E-state index in [1.54, 1.807) is 6.21 Å². The lowest BCUT2D eigenvalue weighted by molar-refractivity contribution is -0.140. The number of fused-ring (bicyclic) bond motifs is 5. The van der Waals surface area contributed by atoms with Gasteiger partial charge in [0.2, 0.25) is 0 Å². The number of hydrazone groups is 1. The van der Waals surface area contributed by atoms with Crippen molar-refractivity contribution in [2.75, 3.05) is 0 Å². The van der Waals surface area contributed by atoms with Crippen LogP contribution in [0.1, 0.15) is 12.0 Å². The largest absolute Gasteiger partial charge is 0.272 e. The summed E-state index contributed by atoms with van der Waals surface area (Å²) in [5.41, 5.74) is 0.914. The molecule has 1 saturated carbocycles. The first-order valence-electron chi connectivity index (χ1n) is 7.01. The Labute approximate surface area is 136 Å². The number of nitrogens with zero attached hydrogens (tertiary/aromatic N) is 2. The Hall–Kier alpha value is -1.50. The van der Waals surface area contributed by atoms with Crippen molar-refractivity contribution in [1.82, 2.24) is 5.01 Å². The highest BCUT2D eigenvalue weighted by Gasteiger charge is 2.59. The Bertz CT molecular complexity index is 667. The molecule has 1 aromatic carbocycles. The van der Waals surface area contributed by atoms with E-state index in [-0.39, 0.29) is 35.5 Å². The molecule has 0 unspecified atom stereocenters. The summed E-state index contributed by atoms with van der Waals surface area (Å²) in [5.74, 6) is -0.172. The SMILES string of the molecule is O=C1[C@@H]2[C@H](C(=O)N1/N=C\c1ccccc1I)[C@H]1C=C[C@@H]2C1. The van der Waals surface area contributed by atoms with E-state index < -0.39 is 0 Å². The molecule has 0 aromatic heterocycles. The molecule has 1 aromatic rings. The van der Waals surface area contributed by atoms with E-state index in [9.17, 15) is 9.59 Å². The molecule has 1 heterocycles. The quantitative estimate of drug-likeness (QED) is 0.336. The van der Waals surface area contributed by atoms with Crippen LogP contribution in [0.5, 0.6) is 0 Å². The predicted octanol–water partition coefficient (Wildman–Crippen LogP) is 2.43. The van der Waals surface area contributed by atoms with Crippen LogP contribution in [-0.4, -0.2) is 23.0 Å². The fraction of sp³-hybridized carbons (Fsp3) is 0.312. The van der Waals surface area contributed by atoms with Gasteiger partial charge in [-0.2, -0.15) is 10.1 Å². The van der Waals surface area contributed by atoms with Gasteiger partial charge in [-0.3, -0.25) is 9.59 Å². The van der Waals surface area contributed by atoms with Gasteiger partial charge in [-0.05, 0) is 46.9 Å². The smallest absolute Gasteiger partial charge is 0.254 e. The van der Waals surface area contributed by atoms with Gasteiger partial charge >= 0.3 is 0 Å². The van der Waals surface area contributed by atoms with Crippen LogP contribution in [0.3, 0.4) is 0 Å². The van der Waals surface area contributed by atoms with Crippen molar-refractivity contribution >= 4 is 40.6 Å². The summed E-state index contributed by atoms with van der Waals surface area (Å²) in [5, 5.41) is 5.26. The fourth-order valence-electron chi connectivity index (χ4n) is 3.70. The number of carbonyl (C=O) groups excluding carboxylic acids is 2. The lowest BCUT2D eigenvalue weighted by atomic mass is 9.85. The molecule has 0 spiro atoms. The maximum atomic E-state index is 12.4. The lowest BCUT2D eigenvalue weighted by Crippen LogP contribution is -2.28. The zero-order valence-electron chi connectivity index (χ0n) is 11.1. The van der Waals surface area contributed by atoms with Crippen molar-refractivity contribution in [3.05, 3.63) is 45.6 Å². The third-order valence-electron chi connectivity index (χ3n) is 4.66. The summed E-state index contributed by atoms with van der Waals surface area (Å²) >= 11 is 2.21. The van der Waals surface area contributed by atoms with Crippen LogP contribution < -0.4 is 0 Å². The number of carbonyl (C=O) groups is 2. The van der Waals surface area contributed by atoms with Gasteiger partial charge in [0, 0.05) is 9.13 Å². The minimum absolute atomic E-state index is 0.135. The third-order valence-corrected chi connectivity index (χ3v) is 5.65. The first-order chi connectivity index (χ1) is 10.2. The van der Waals surface area contributed by atoms with E-state index in [0.717, 1.165) is 20.6 Å². The number of allylic oxidation sites excluding steroid dienone is 2. The topological polar surface area (TPSA) is 49.7 Å². The molecule has 1 saturated heterocycles. The summed E-state index contributed by atoms with van der Waals surface area (Å²) in [7, 11) is 0. The molecule has 106 valence electrons. The van der Waals surface area contributed by atoms with Crippen molar-refractivity contribution in [2.45, 2.75) is 6.42 Å². The number of halogens is 1. The van der Waals surface area contributed by atoms with Crippen molar-refractivity contribution in [3.8, 4) is 0 Å². The van der Waals surface area contributed by atoms with E-state index >= 15 is 0 Å². The number of hydrogen-bond acceptors (Lipinski definition) is 3. The standard InChI is InChI=1S/C16H13IN2O2/c17-12-4-2-1-3-11(12)8-18-19-15(20)13-9-5-6-10(7-9)14(13)16(19)21/h1-6,8-10,13-14H,7H2/b18-8-/t9-,10+,13+,14-. The van der Waals surface area contributed by atoms with Crippen LogP contribution >= 0.6 is 22.6 Å². The predicted molar refractivity (Wildman–Crippen MR) is 86.3 cm³/mol. The van der Waals surface area contributed by atoms with Gasteiger partial charge in [0.25, 0.3) is 11.8 Å². The Morgan fingerprint density at radius 3 is 2.33 bits per heavy atom. The maximum absolute atomic E-state index is 12.4. The molecule has 3 aliphatic rings. The molecule has 0 N–H and O–H groups in total. The molecular weight excluding hydrogens is 379 g/mol. The molecule has 4 rings (SSSR count). The van der Waals surface area contributed by atoms with E-state index in [1.807, 2.05) is 24.3 Å². The molecule has 2 fully saturated rings. The summed E-state index contributed by atoms with van der Waals surface area (Å²) in [6.07, 6.45) is 6.73. The van der Waals surface area contributed by atoms with Gasteiger partial charge in [-0.25, -0.2) is 0 Å². The van der Waals surface area contributed by atoms with Crippen LogP contribution in [0.2, 0.25) is 0 Å². The minimum Gasteiger partial charge on any atom is -0.272 e. The van der Waals surface area contributed by atoms with E-state index in [4.69, 9.17) is 0 Å². The number of rotatable bonds is 2. The summed E-state index contributed by atoms with van der Waals surface area (Å²) in [4.78, 5) is 24.9. The van der Waals surface area contributed by atoms with Gasteiger partial charge in [-0.1, -0.05) is 30.4 Å². The zero-order valence-corrected chi connectivity index (χ0v) is 13.3. The molecule has 4 nitrogen and oxygen atoms in total. The summed E-state index contributed by atoms with van der Waals surface area (Å²) in [6, 6.07) is 7.74. The van der Waals surface area contributed by atoms with Crippen molar-refractivity contribution in [3.63, 3.8) is 0 Å². The molecule has 0 radical (unpaired) electrons. The Morgan fingerprint density at radius 2 is 1.71 bits per heavy atom. The highest BCUT2D eigenvalue weighted by atomic mass is 127. The van der Waals surface area contributed by atoms with Gasteiger partial charge in [0.1, 0.15) is 0 Å². The molecule has 2 bridgehead atoms. The first kappa shape index (κ1) is 13.2. The molecular formula is C16H13IN2O2. The van der Waals surface area contributed by atoms with E-state index in [0.29, 0.717) is 0 Å². The molecule has 21 heavy (non-hydrogen) atoms. The van der Waals surface area contributed by atoms with Crippen LogP contribution in [-0.2, 0) is 9.59 Å². The van der Waals surface area contributed by atoms with Gasteiger partial charge in [0.15, 0.2) is 0 Å². The fourth-order valence-corrected chi connectivity index (χ4v) is 4.23. The normalized spacial score (nSPS) is 33.5. The number of amides is 2. The average Bonchev–Trinajstić information content (AvgIpc) is 3.14. The van der Waals surface area contributed by atoms with Crippen LogP contribution in [0, 0.1) is 27.2 Å². The van der Waals surface area contributed by atoms with Crippen molar-refractivity contribution in [2.24, 2.45) is 28.8 Å². The van der Waals surface area contributed by atoms with Crippen LogP contribution in [0.4, 0.5) is 0 Å². The molecule has 4 atom stereocenters. The van der Waals surface area contributed by atoms with Gasteiger partial charge in [0.05, 0.1) is 18.1 Å². The Balaban J connectivity index is 1.62. The van der Waals surface area contributed by atoms with Crippen LogP contribution in [0.25, 0.3) is 0 Å². The maximum Gasteiger partial charge on any atom is 0.254 e. The summed E-state index contributed by atoms with van der Waals surface area (Å²) in [6.45, 7) is 0. The van der Waals surface area contributed by atoms with E-state index in [1.165, 1.54) is 0 Å². The Kier molecular flexibility index (Phi) is 2.99. The number of hydrogen-bond donors (Lipinski definition) is 0. The van der Waals surface area contributed by atoms with Crippen LogP contribution in [0.15, 0.2) is 41.5 Å². The van der Waals surface area contributed by atoms with E-state index in [2.05, 4.69) is 39.8 Å². The minimum atomic E-state index is -0.181. The second-order valence-electron chi connectivity index (χ2n) is 5.75.